The molecule has 2 aromatic rings. The fraction of sp³-hybridized carbons (Fsp3) is 0.536. The van der Waals surface area contributed by atoms with Crippen molar-refractivity contribution in [2.75, 3.05) is 43.5 Å². The molecule has 36 heavy (non-hydrogen) atoms. The van der Waals surface area contributed by atoms with Gasteiger partial charge < -0.3 is 25.6 Å². The first-order chi connectivity index (χ1) is 17.6. The van der Waals surface area contributed by atoms with Gasteiger partial charge in [0.05, 0.1) is 11.3 Å². The summed E-state index contributed by atoms with van der Waals surface area (Å²) in [6, 6.07) is 8.59. The van der Waals surface area contributed by atoms with Crippen LogP contribution in [0.3, 0.4) is 0 Å². The van der Waals surface area contributed by atoms with Crippen molar-refractivity contribution in [2.24, 2.45) is 5.92 Å². The summed E-state index contributed by atoms with van der Waals surface area (Å²) in [4.78, 5) is 21.4. The van der Waals surface area contributed by atoms with Gasteiger partial charge in [-0.2, -0.15) is 0 Å². The van der Waals surface area contributed by atoms with Crippen LogP contribution in [0.4, 0.5) is 21.6 Å². The van der Waals surface area contributed by atoms with E-state index in [1.165, 1.54) is 44.5 Å². The number of anilines is 3. The largest absolute Gasteiger partial charge is 0.400 e. The molecule has 0 amide bonds. The molecule has 2 aliphatic heterocycles. The van der Waals surface area contributed by atoms with Crippen LogP contribution in [0.25, 0.3) is 0 Å². The molecule has 3 aliphatic rings. The quantitative estimate of drug-likeness (QED) is 0.370. The van der Waals surface area contributed by atoms with E-state index < -0.39 is 0 Å². The number of benzene rings is 1. The number of hydrogen-bond acceptors (Lipinski definition) is 7. The van der Waals surface area contributed by atoms with Crippen molar-refractivity contribution < 1.29 is 14.3 Å². The van der Waals surface area contributed by atoms with Crippen LogP contribution < -0.4 is 10.2 Å². The summed E-state index contributed by atoms with van der Waals surface area (Å²) >= 11 is 0. The zero-order valence-electron chi connectivity index (χ0n) is 21.2. The van der Waals surface area contributed by atoms with Crippen molar-refractivity contribution in [1.82, 2.24) is 9.88 Å². The van der Waals surface area contributed by atoms with E-state index in [2.05, 4.69) is 20.1 Å². The fourth-order valence-corrected chi connectivity index (χ4v) is 5.54. The lowest BCUT2D eigenvalue weighted by atomic mass is 9.79. The Balaban J connectivity index is 0.00000148. The molecule has 1 aromatic carbocycles. The zero-order chi connectivity index (χ0) is 25.5. The highest BCUT2D eigenvalue weighted by molar-refractivity contribution is 6.10. The average Bonchev–Trinajstić information content (AvgIpc) is 2.90. The second-order valence-electron chi connectivity index (χ2n) is 9.90. The molecule has 3 N–H and O–H groups in total. The number of nitrogens with one attached hydrogen (secondary N) is 2. The van der Waals surface area contributed by atoms with E-state index in [0.29, 0.717) is 29.0 Å². The van der Waals surface area contributed by atoms with Crippen LogP contribution in [0.1, 0.15) is 67.4 Å². The van der Waals surface area contributed by atoms with Crippen LogP contribution in [0.5, 0.6) is 0 Å². The van der Waals surface area contributed by atoms with E-state index >= 15 is 0 Å². The number of hydrogen-bond donors (Lipinski definition) is 3. The summed E-state index contributed by atoms with van der Waals surface area (Å²) in [5.41, 5.74) is 3.35. The van der Waals surface area contributed by atoms with Gasteiger partial charge in [0.2, 0.25) is 0 Å². The Morgan fingerprint density at radius 3 is 2.28 bits per heavy atom. The molecular formula is C28H38FN5O2. The summed E-state index contributed by atoms with van der Waals surface area (Å²) in [5, 5.41) is 19.3. The van der Waals surface area contributed by atoms with E-state index in [1.54, 1.807) is 12.1 Å². The third kappa shape index (κ3) is 5.93. The van der Waals surface area contributed by atoms with Gasteiger partial charge in [-0.25, -0.2) is 9.37 Å². The number of aldehydes is 1. The lowest BCUT2D eigenvalue weighted by Gasteiger charge is -2.42. The predicted octanol–water partition coefficient (Wildman–Crippen LogP) is 5.01. The number of aliphatic hydroxyl groups is 1. The topological polar surface area (TPSA) is 92.5 Å². The number of carbonyl (C=O) groups is 1. The maximum absolute atomic E-state index is 13.5. The Morgan fingerprint density at radius 2 is 1.69 bits per heavy atom. The molecule has 2 saturated heterocycles. The number of piperidine rings is 2. The lowest BCUT2D eigenvalue weighted by molar-refractivity contribution is 0.111. The highest BCUT2D eigenvalue weighted by Gasteiger charge is 2.32. The second-order valence-corrected chi connectivity index (χ2v) is 9.90. The van der Waals surface area contributed by atoms with Gasteiger partial charge in [0.25, 0.3) is 0 Å². The number of aliphatic hydroxyl groups excluding tert-OH is 1. The van der Waals surface area contributed by atoms with Crippen molar-refractivity contribution in [3.63, 3.8) is 0 Å². The highest BCUT2D eigenvalue weighted by atomic mass is 19.1. The van der Waals surface area contributed by atoms with E-state index in [4.69, 9.17) is 10.5 Å². The zero-order valence-corrected chi connectivity index (χ0v) is 21.2. The molecule has 0 radical (unpaired) electrons. The van der Waals surface area contributed by atoms with Gasteiger partial charge in [-0.3, -0.25) is 4.79 Å². The Labute approximate surface area is 213 Å². The summed E-state index contributed by atoms with van der Waals surface area (Å²) in [6.45, 7) is 4.23. The predicted molar refractivity (Wildman–Crippen MR) is 142 cm³/mol. The number of nitrogens with zero attached hydrogens (tertiary/aromatic N) is 3. The van der Waals surface area contributed by atoms with E-state index in [0.717, 1.165) is 69.8 Å². The normalized spacial score (nSPS) is 19.1. The Morgan fingerprint density at radius 1 is 1.03 bits per heavy atom. The molecule has 5 rings (SSSR count). The third-order valence-electron chi connectivity index (χ3n) is 7.74. The Hall–Kier alpha value is -2.84. The third-order valence-corrected chi connectivity index (χ3v) is 7.74. The SMILES string of the molecule is CO.N=C(c1c(N2CCC(N3CCCCC3)CC2)cc(C=O)nc1Nc1ccc(F)cc1)C1CCC1. The molecule has 1 aliphatic carbocycles. The monoisotopic (exact) mass is 495 g/mol. The van der Waals surface area contributed by atoms with Gasteiger partial charge in [-0.05, 0) is 81.9 Å². The Kier molecular flexibility index (Phi) is 9.04. The molecule has 3 heterocycles. The first-order valence-corrected chi connectivity index (χ1v) is 13.2. The van der Waals surface area contributed by atoms with Gasteiger partial charge in [0.15, 0.2) is 6.29 Å². The standard InChI is InChI=1S/C27H34FN5O.CH4O/c28-20-7-9-21(10-8-20)30-27-25(26(29)19-5-4-6-19)24(17-22(18-34)31-27)33-15-11-23(12-16-33)32-13-2-1-3-14-32;1-2/h7-10,17-19,23,29H,1-6,11-16H2,(H,30,31);2H,1H3. The minimum atomic E-state index is -0.306. The van der Waals surface area contributed by atoms with Gasteiger partial charge in [-0.15, -0.1) is 0 Å². The van der Waals surface area contributed by atoms with Crippen LogP contribution in [0.15, 0.2) is 30.3 Å². The van der Waals surface area contributed by atoms with Crippen LogP contribution >= 0.6 is 0 Å². The minimum Gasteiger partial charge on any atom is -0.400 e. The first-order valence-electron chi connectivity index (χ1n) is 13.2. The van der Waals surface area contributed by atoms with Gasteiger partial charge in [-0.1, -0.05) is 12.8 Å². The highest BCUT2D eigenvalue weighted by Crippen LogP contribution is 2.38. The lowest BCUT2D eigenvalue weighted by Crippen LogP contribution is -2.47. The van der Waals surface area contributed by atoms with Gasteiger partial charge in [0.1, 0.15) is 17.3 Å². The summed E-state index contributed by atoms with van der Waals surface area (Å²) < 4.78 is 13.5. The van der Waals surface area contributed by atoms with Crippen molar-refractivity contribution in [3.8, 4) is 0 Å². The number of pyridine rings is 1. The van der Waals surface area contributed by atoms with Crippen molar-refractivity contribution >= 4 is 29.2 Å². The van der Waals surface area contributed by atoms with Gasteiger partial charge in [0, 0.05) is 43.6 Å². The maximum atomic E-state index is 13.5. The number of likely N-dealkylation sites (tertiary alicyclic amines) is 1. The molecule has 0 atom stereocenters. The first kappa shape index (κ1) is 26.2. The molecule has 1 saturated carbocycles. The molecule has 7 nitrogen and oxygen atoms in total. The average molecular weight is 496 g/mol. The van der Waals surface area contributed by atoms with Crippen molar-refractivity contribution in [3.05, 3.63) is 47.4 Å². The van der Waals surface area contributed by atoms with E-state index in [9.17, 15) is 9.18 Å². The number of rotatable bonds is 7. The van der Waals surface area contributed by atoms with Crippen LogP contribution in [-0.4, -0.2) is 66.3 Å². The molecule has 8 heteroatoms. The Bertz CT molecular complexity index is 1030. The summed E-state index contributed by atoms with van der Waals surface area (Å²) in [7, 11) is 1.00. The molecule has 0 spiro atoms. The van der Waals surface area contributed by atoms with E-state index in [1.807, 2.05) is 6.07 Å². The summed E-state index contributed by atoms with van der Waals surface area (Å²) in [5.74, 6) is 0.434. The fourth-order valence-electron chi connectivity index (χ4n) is 5.54. The molecule has 3 fully saturated rings. The van der Waals surface area contributed by atoms with Crippen molar-refractivity contribution in [2.45, 2.75) is 57.4 Å². The molecule has 0 unspecified atom stereocenters. The van der Waals surface area contributed by atoms with E-state index in [-0.39, 0.29) is 11.7 Å². The summed E-state index contributed by atoms with van der Waals surface area (Å²) in [6.07, 6.45) is 10.1. The van der Waals surface area contributed by atoms with Crippen LogP contribution in [0, 0.1) is 17.1 Å². The van der Waals surface area contributed by atoms with Crippen LogP contribution in [0.2, 0.25) is 0 Å². The second kappa shape index (κ2) is 12.4. The smallest absolute Gasteiger partial charge is 0.168 e. The molecule has 1 aromatic heterocycles. The molecule has 0 bridgehead atoms. The maximum Gasteiger partial charge on any atom is 0.168 e. The van der Waals surface area contributed by atoms with Gasteiger partial charge >= 0.3 is 0 Å². The number of halogens is 1. The van der Waals surface area contributed by atoms with Crippen LogP contribution in [-0.2, 0) is 0 Å². The minimum absolute atomic E-state index is 0.224. The molecule has 194 valence electrons. The number of carbonyl (C=O) groups excluding carboxylic acids is 1. The molecular weight excluding hydrogens is 457 g/mol. The van der Waals surface area contributed by atoms with Crippen molar-refractivity contribution in [1.29, 1.82) is 5.41 Å². The number of aromatic nitrogens is 1.